The van der Waals surface area contributed by atoms with Crippen molar-refractivity contribution in [2.24, 2.45) is 0 Å². The van der Waals surface area contributed by atoms with E-state index in [1.54, 1.807) is 26.0 Å². The molecule has 1 aromatic rings. The van der Waals surface area contributed by atoms with Crippen LogP contribution in [0.15, 0.2) is 12.1 Å². The van der Waals surface area contributed by atoms with Crippen molar-refractivity contribution < 1.29 is 12.8 Å². The zero-order valence-corrected chi connectivity index (χ0v) is 13.4. The molecule has 1 aromatic carbocycles. The van der Waals surface area contributed by atoms with Crippen LogP contribution < -0.4 is 10.0 Å². The molecule has 21 heavy (non-hydrogen) atoms. The standard InChI is InChI=1S/C15H23FN2O2S/c1-11-8-13(9-12(2)15(11)16)10-18-21(19,20)7-3-6-17-14-4-5-14/h8-9,14,17-18H,3-7,10H2,1-2H3. The molecule has 0 saturated heterocycles. The molecule has 0 unspecified atom stereocenters. The van der Waals surface area contributed by atoms with Crippen LogP contribution in [0.3, 0.4) is 0 Å². The van der Waals surface area contributed by atoms with E-state index in [-0.39, 0.29) is 18.1 Å². The highest BCUT2D eigenvalue weighted by molar-refractivity contribution is 7.89. The summed E-state index contributed by atoms with van der Waals surface area (Å²) in [6, 6.07) is 3.96. The molecule has 2 rings (SSSR count). The summed E-state index contributed by atoms with van der Waals surface area (Å²) in [6.45, 7) is 4.31. The van der Waals surface area contributed by atoms with Gasteiger partial charge in [-0.2, -0.15) is 0 Å². The molecule has 118 valence electrons. The van der Waals surface area contributed by atoms with Gasteiger partial charge in [-0.3, -0.25) is 0 Å². The summed E-state index contributed by atoms with van der Waals surface area (Å²) in [5.74, 6) is -0.112. The van der Waals surface area contributed by atoms with Gasteiger partial charge in [-0.15, -0.1) is 0 Å². The first kappa shape index (κ1) is 16.4. The lowest BCUT2D eigenvalue weighted by molar-refractivity contribution is 0.574. The Kier molecular flexibility index (Phi) is 5.35. The highest BCUT2D eigenvalue weighted by atomic mass is 32.2. The summed E-state index contributed by atoms with van der Waals surface area (Å²) < 4.78 is 39.9. The van der Waals surface area contributed by atoms with Crippen LogP contribution in [-0.2, 0) is 16.6 Å². The largest absolute Gasteiger partial charge is 0.314 e. The number of rotatable bonds is 8. The van der Waals surface area contributed by atoms with E-state index in [1.165, 1.54) is 12.8 Å². The van der Waals surface area contributed by atoms with Gasteiger partial charge in [-0.25, -0.2) is 17.5 Å². The van der Waals surface area contributed by atoms with Gasteiger partial charge in [0.25, 0.3) is 0 Å². The predicted octanol–water partition coefficient (Wildman–Crippen LogP) is 2.00. The highest BCUT2D eigenvalue weighted by Crippen LogP contribution is 2.18. The lowest BCUT2D eigenvalue weighted by Crippen LogP contribution is -2.28. The predicted molar refractivity (Wildman–Crippen MR) is 82.1 cm³/mol. The number of nitrogens with one attached hydrogen (secondary N) is 2. The van der Waals surface area contributed by atoms with Crippen molar-refractivity contribution in [3.63, 3.8) is 0 Å². The molecule has 4 nitrogen and oxygen atoms in total. The number of hydrogen-bond donors (Lipinski definition) is 2. The van der Waals surface area contributed by atoms with E-state index >= 15 is 0 Å². The third-order valence-corrected chi connectivity index (χ3v) is 5.00. The number of halogens is 1. The second-order valence-corrected chi connectivity index (χ2v) is 7.69. The van der Waals surface area contributed by atoms with E-state index in [0.29, 0.717) is 23.6 Å². The van der Waals surface area contributed by atoms with Gasteiger partial charge in [-0.05, 0) is 56.3 Å². The van der Waals surface area contributed by atoms with Gasteiger partial charge in [0.2, 0.25) is 10.0 Å². The zero-order valence-electron chi connectivity index (χ0n) is 12.6. The maximum atomic E-state index is 13.5. The Bertz CT molecular complexity index is 575. The van der Waals surface area contributed by atoms with E-state index in [0.717, 1.165) is 12.1 Å². The Hall–Kier alpha value is -0.980. The summed E-state index contributed by atoms with van der Waals surface area (Å²) in [7, 11) is -3.28. The minimum Gasteiger partial charge on any atom is -0.314 e. The normalized spacial score (nSPS) is 15.4. The molecular formula is C15H23FN2O2S. The van der Waals surface area contributed by atoms with Gasteiger partial charge < -0.3 is 5.32 Å². The Morgan fingerprint density at radius 1 is 1.24 bits per heavy atom. The Morgan fingerprint density at radius 2 is 1.86 bits per heavy atom. The zero-order chi connectivity index (χ0) is 15.5. The molecule has 0 aromatic heterocycles. The number of hydrogen-bond acceptors (Lipinski definition) is 3. The summed E-state index contributed by atoms with van der Waals surface area (Å²) in [5.41, 5.74) is 1.86. The van der Waals surface area contributed by atoms with E-state index in [4.69, 9.17) is 0 Å². The molecule has 0 radical (unpaired) electrons. The summed E-state index contributed by atoms with van der Waals surface area (Å²) >= 11 is 0. The van der Waals surface area contributed by atoms with Gasteiger partial charge >= 0.3 is 0 Å². The second kappa shape index (κ2) is 6.85. The van der Waals surface area contributed by atoms with Crippen molar-refractivity contribution in [2.45, 2.75) is 45.7 Å². The van der Waals surface area contributed by atoms with Crippen LogP contribution in [0.2, 0.25) is 0 Å². The smallest absolute Gasteiger partial charge is 0.211 e. The summed E-state index contributed by atoms with van der Waals surface area (Å²) in [6.07, 6.45) is 3.01. The Morgan fingerprint density at radius 3 is 2.43 bits per heavy atom. The molecule has 1 fully saturated rings. The van der Waals surface area contributed by atoms with E-state index in [9.17, 15) is 12.8 Å². The maximum Gasteiger partial charge on any atom is 0.211 e. The summed E-state index contributed by atoms with van der Waals surface area (Å²) in [4.78, 5) is 0. The Balaban J connectivity index is 1.80. The highest BCUT2D eigenvalue weighted by Gasteiger charge is 2.20. The second-order valence-electron chi connectivity index (χ2n) is 5.77. The number of aryl methyl sites for hydroxylation is 2. The third kappa shape index (κ3) is 5.37. The first-order valence-electron chi connectivity index (χ1n) is 7.34. The quantitative estimate of drug-likeness (QED) is 0.722. The molecule has 1 aliphatic rings. The van der Waals surface area contributed by atoms with Crippen LogP contribution in [0, 0.1) is 19.7 Å². The van der Waals surface area contributed by atoms with Gasteiger partial charge in [0, 0.05) is 12.6 Å². The molecule has 0 spiro atoms. The van der Waals surface area contributed by atoms with Crippen molar-refractivity contribution in [3.8, 4) is 0 Å². The average Bonchev–Trinajstić information content (AvgIpc) is 3.23. The van der Waals surface area contributed by atoms with Crippen LogP contribution in [0.5, 0.6) is 0 Å². The van der Waals surface area contributed by atoms with Crippen LogP contribution in [-0.4, -0.2) is 26.8 Å². The molecule has 6 heteroatoms. The molecule has 1 saturated carbocycles. The fraction of sp³-hybridized carbons (Fsp3) is 0.600. The monoisotopic (exact) mass is 314 g/mol. The fourth-order valence-corrected chi connectivity index (χ4v) is 3.31. The average molecular weight is 314 g/mol. The number of benzene rings is 1. The van der Waals surface area contributed by atoms with Crippen LogP contribution in [0.4, 0.5) is 4.39 Å². The summed E-state index contributed by atoms with van der Waals surface area (Å²) in [5, 5.41) is 3.29. The van der Waals surface area contributed by atoms with E-state index in [2.05, 4.69) is 10.0 Å². The molecule has 1 aliphatic carbocycles. The van der Waals surface area contributed by atoms with Crippen molar-refractivity contribution in [1.29, 1.82) is 0 Å². The van der Waals surface area contributed by atoms with Gasteiger partial charge in [0.1, 0.15) is 5.82 Å². The first-order valence-corrected chi connectivity index (χ1v) is 8.99. The van der Waals surface area contributed by atoms with Gasteiger partial charge in [0.15, 0.2) is 0 Å². The lowest BCUT2D eigenvalue weighted by atomic mass is 10.1. The lowest BCUT2D eigenvalue weighted by Gasteiger charge is -2.09. The van der Waals surface area contributed by atoms with Crippen molar-refractivity contribution in [2.75, 3.05) is 12.3 Å². The number of sulfonamides is 1. The van der Waals surface area contributed by atoms with E-state index < -0.39 is 10.0 Å². The Labute approximate surface area is 126 Å². The van der Waals surface area contributed by atoms with Crippen LogP contribution >= 0.6 is 0 Å². The van der Waals surface area contributed by atoms with Crippen LogP contribution in [0.25, 0.3) is 0 Å². The molecule has 0 amide bonds. The molecule has 0 aliphatic heterocycles. The maximum absolute atomic E-state index is 13.5. The topological polar surface area (TPSA) is 58.2 Å². The van der Waals surface area contributed by atoms with E-state index in [1.807, 2.05) is 0 Å². The van der Waals surface area contributed by atoms with Crippen molar-refractivity contribution >= 4 is 10.0 Å². The molecule has 0 atom stereocenters. The first-order chi connectivity index (χ1) is 9.87. The van der Waals surface area contributed by atoms with Crippen molar-refractivity contribution in [1.82, 2.24) is 10.0 Å². The van der Waals surface area contributed by atoms with Crippen LogP contribution in [0.1, 0.15) is 36.0 Å². The molecule has 2 N–H and O–H groups in total. The van der Waals surface area contributed by atoms with Gasteiger partial charge in [-0.1, -0.05) is 12.1 Å². The SMILES string of the molecule is Cc1cc(CNS(=O)(=O)CCCNC2CC2)cc(C)c1F. The molecule has 0 bridgehead atoms. The fourth-order valence-electron chi connectivity index (χ4n) is 2.26. The van der Waals surface area contributed by atoms with Crippen molar-refractivity contribution in [3.05, 3.63) is 34.6 Å². The minimum atomic E-state index is -3.28. The third-order valence-electron chi connectivity index (χ3n) is 3.59. The molecular weight excluding hydrogens is 291 g/mol. The minimum absolute atomic E-state index is 0.117. The molecule has 0 heterocycles. The van der Waals surface area contributed by atoms with Gasteiger partial charge in [0.05, 0.1) is 5.75 Å².